The summed E-state index contributed by atoms with van der Waals surface area (Å²) in [6, 6.07) is 0. The average Bonchev–Trinajstić information content (AvgIpc) is 1.85. The number of hydrogen-bond acceptors (Lipinski definition) is 5. The molecule has 0 aliphatic heterocycles. The van der Waals surface area contributed by atoms with Crippen LogP contribution in [-0.2, 0) is 19.9 Å². The van der Waals surface area contributed by atoms with E-state index in [2.05, 4.69) is 0 Å². The summed E-state index contributed by atoms with van der Waals surface area (Å²) in [6.07, 6.45) is 0. The fourth-order valence-corrected chi connectivity index (χ4v) is 3.61. The molecule has 74 valence electrons. The van der Waals surface area contributed by atoms with E-state index < -0.39 is 37.3 Å². The zero-order chi connectivity index (χ0) is 9.83. The Bertz CT molecular complexity index is 315. The van der Waals surface area contributed by atoms with Crippen molar-refractivity contribution in [2.24, 2.45) is 0 Å². The van der Waals surface area contributed by atoms with Gasteiger partial charge >= 0.3 is 0 Å². The number of aliphatic hydroxyl groups excluding tert-OH is 1. The van der Waals surface area contributed by atoms with Gasteiger partial charge in [-0.25, -0.2) is 21.6 Å². The second-order valence-corrected chi connectivity index (χ2v) is 6.58. The Morgan fingerprint density at radius 2 is 1.75 bits per heavy atom. The predicted octanol–water partition coefficient (Wildman–Crippen LogP) is -2.10. The molecule has 0 aliphatic rings. The maximum atomic E-state index is 10.8. The van der Waals surface area contributed by atoms with Crippen LogP contribution in [0.4, 0.5) is 0 Å². The third kappa shape index (κ3) is 4.65. The van der Waals surface area contributed by atoms with Crippen molar-refractivity contribution in [1.29, 1.82) is 0 Å². The molecule has 0 unspecified atom stereocenters. The highest BCUT2D eigenvalue weighted by Gasteiger charge is 2.19. The smallest absolute Gasteiger partial charge is 0.225 e. The standard InChI is InChI=1S/C4H11NO5S2/c1-5-12(9,10)4-11(7,8)3-2-6/h5-6H,2-4H2,1H3. The van der Waals surface area contributed by atoms with Crippen LogP contribution in [0.15, 0.2) is 0 Å². The average molecular weight is 217 g/mol. The Morgan fingerprint density at radius 3 is 2.08 bits per heavy atom. The van der Waals surface area contributed by atoms with Crippen molar-refractivity contribution in [3.05, 3.63) is 0 Å². The van der Waals surface area contributed by atoms with Crippen LogP contribution in [0.1, 0.15) is 0 Å². The minimum Gasteiger partial charge on any atom is -0.395 e. The highest BCUT2D eigenvalue weighted by atomic mass is 32.3. The SMILES string of the molecule is CNS(=O)(=O)CS(=O)(=O)CCO. The van der Waals surface area contributed by atoms with Gasteiger partial charge in [0.15, 0.2) is 14.9 Å². The first-order chi connectivity index (χ1) is 5.33. The molecule has 0 aliphatic carbocycles. The van der Waals surface area contributed by atoms with E-state index in [-0.39, 0.29) is 0 Å². The summed E-state index contributed by atoms with van der Waals surface area (Å²) in [5, 5.41) is 7.30. The first kappa shape index (κ1) is 11.8. The van der Waals surface area contributed by atoms with Crippen molar-refractivity contribution < 1.29 is 21.9 Å². The summed E-state index contributed by atoms with van der Waals surface area (Å²) >= 11 is 0. The topological polar surface area (TPSA) is 101 Å². The quantitative estimate of drug-likeness (QED) is 0.549. The Balaban J connectivity index is 4.47. The Morgan fingerprint density at radius 1 is 1.25 bits per heavy atom. The molecule has 0 heterocycles. The molecular formula is C4H11NO5S2. The molecule has 12 heavy (non-hydrogen) atoms. The Hall–Kier alpha value is -0.180. The maximum absolute atomic E-state index is 10.8. The minimum absolute atomic E-state index is 0.534. The molecule has 6 nitrogen and oxygen atoms in total. The highest BCUT2D eigenvalue weighted by molar-refractivity contribution is 8.07. The van der Waals surface area contributed by atoms with Crippen LogP contribution in [0, 0.1) is 0 Å². The van der Waals surface area contributed by atoms with Crippen LogP contribution < -0.4 is 4.72 Å². The van der Waals surface area contributed by atoms with Gasteiger partial charge in [0.25, 0.3) is 0 Å². The number of hydrogen-bond donors (Lipinski definition) is 2. The van der Waals surface area contributed by atoms with E-state index in [9.17, 15) is 16.8 Å². The molecule has 2 N–H and O–H groups in total. The molecule has 0 spiro atoms. The highest BCUT2D eigenvalue weighted by Crippen LogP contribution is 1.94. The molecular weight excluding hydrogens is 206 g/mol. The van der Waals surface area contributed by atoms with Crippen molar-refractivity contribution in [3.63, 3.8) is 0 Å². The third-order valence-electron chi connectivity index (χ3n) is 1.05. The summed E-state index contributed by atoms with van der Waals surface area (Å²) < 4.78 is 45.0. The molecule has 0 amide bonds. The lowest BCUT2D eigenvalue weighted by Gasteiger charge is -2.01. The number of rotatable bonds is 5. The molecule has 0 aromatic heterocycles. The van der Waals surface area contributed by atoms with E-state index in [1.54, 1.807) is 0 Å². The van der Waals surface area contributed by atoms with Gasteiger partial charge in [0.1, 0.15) is 0 Å². The lowest BCUT2D eigenvalue weighted by atomic mass is 10.9. The van der Waals surface area contributed by atoms with Gasteiger partial charge in [-0.3, -0.25) is 0 Å². The Kier molecular flexibility index (Phi) is 4.11. The molecule has 0 fully saturated rings. The minimum atomic E-state index is -3.75. The zero-order valence-electron chi connectivity index (χ0n) is 6.52. The van der Waals surface area contributed by atoms with E-state index >= 15 is 0 Å². The molecule has 0 atom stereocenters. The lowest BCUT2D eigenvalue weighted by Crippen LogP contribution is -2.29. The van der Waals surface area contributed by atoms with Gasteiger partial charge < -0.3 is 5.11 Å². The summed E-state index contributed by atoms with van der Waals surface area (Å²) in [5.74, 6) is -0.534. The van der Waals surface area contributed by atoms with Crippen molar-refractivity contribution in [1.82, 2.24) is 4.72 Å². The fraction of sp³-hybridized carbons (Fsp3) is 1.00. The van der Waals surface area contributed by atoms with Crippen LogP contribution in [0.5, 0.6) is 0 Å². The van der Waals surface area contributed by atoms with Crippen molar-refractivity contribution in [3.8, 4) is 0 Å². The summed E-state index contributed by atoms with van der Waals surface area (Å²) in [4.78, 5) is 0. The number of sulfonamides is 1. The number of nitrogens with one attached hydrogen (secondary N) is 1. The molecule has 0 radical (unpaired) electrons. The largest absolute Gasteiger partial charge is 0.395 e. The summed E-state index contributed by atoms with van der Waals surface area (Å²) in [6.45, 7) is -0.568. The molecule has 0 saturated carbocycles. The van der Waals surface area contributed by atoms with Crippen LogP contribution in [0.25, 0.3) is 0 Å². The predicted molar refractivity (Wildman–Crippen MR) is 43.7 cm³/mol. The van der Waals surface area contributed by atoms with Crippen LogP contribution in [0.2, 0.25) is 0 Å². The van der Waals surface area contributed by atoms with Crippen molar-refractivity contribution in [2.75, 3.05) is 24.5 Å². The van der Waals surface area contributed by atoms with Crippen LogP contribution >= 0.6 is 0 Å². The van der Waals surface area contributed by atoms with Crippen LogP contribution in [0.3, 0.4) is 0 Å². The van der Waals surface area contributed by atoms with Crippen molar-refractivity contribution >= 4 is 19.9 Å². The second-order valence-electron chi connectivity index (χ2n) is 2.11. The van der Waals surface area contributed by atoms with E-state index in [1.807, 2.05) is 4.72 Å². The molecule has 0 saturated heterocycles. The first-order valence-electron chi connectivity index (χ1n) is 3.05. The normalized spacial score (nSPS) is 13.2. The van der Waals surface area contributed by atoms with Gasteiger partial charge in [-0.1, -0.05) is 0 Å². The number of aliphatic hydroxyl groups is 1. The lowest BCUT2D eigenvalue weighted by molar-refractivity contribution is 0.320. The molecule has 0 rings (SSSR count). The van der Waals surface area contributed by atoms with E-state index in [0.717, 1.165) is 7.05 Å². The van der Waals surface area contributed by atoms with Gasteiger partial charge in [0, 0.05) is 0 Å². The van der Waals surface area contributed by atoms with Gasteiger partial charge in [-0.15, -0.1) is 0 Å². The van der Waals surface area contributed by atoms with E-state index in [0.29, 0.717) is 0 Å². The van der Waals surface area contributed by atoms with E-state index in [4.69, 9.17) is 5.11 Å². The summed E-state index contributed by atoms with van der Waals surface area (Å²) in [7, 11) is -6.32. The van der Waals surface area contributed by atoms with Crippen LogP contribution in [-0.4, -0.2) is 46.4 Å². The molecule has 8 heteroatoms. The summed E-state index contributed by atoms with van der Waals surface area (Å²) in [5.41, 5.74) is 0. The second kappa shape index (κ2) is 4.17. The monoisotopic (exact) mass is 217 g/mol. The number of sulfone groups is 1. The van der Waals surface area contributed by atoms with Gasteiger partial charge in [-0.05, 0) is 7.05 Å². The van der Waals surface area contributed by atoms with Gasteiger partial charge in [0.05, 0.1) is 12.4 Å². The zero-order valence-corrected chi connectivity index (χ0v) is 8.15. The molecule has 0 aromatic rings. The van der Waals surface area contributed by atoms with Gasteiger partial charge in [-0.2, -0.15) is 0 Å². The Labute approximate surface area is 71.6 Å². The van der Waals surface area contributed by atoms with Crippen molar-refractivity contribution in [2.45, 2.75) is 0 Å². The molecule has 0 bridgehead atoms. The third-order valence-corrected chi connectivity index (χ3v) is 5.15. The first-order valence-corrected chi connectivity index (χ1v) is 6.53. The van der Waals surface area contributed by atoms with Gasteiger partial charge in [0.2, 0.25) is 10.0 Å². The maximum Gasteiger partial charge on any atom is 0.225 e. The fourth-order valence-electron chi connectivity index (χ4n) is 0.493. The van der Waals surface area contributed by atoms with E-state index in [1.165, 1.54) is 0 Å². The molecule has 0 aromatic carbocycles.